The second-order valence-electron chi connectivity index (χ2n) is 6.43. The molecule has 0 aliphatic rings. The largest absolute Gasteiger partial charge is 0.325 e. The van der Waals surface area contributed by atoms with E-state index < -0.39 is 27.6 Å². The topological polar surface area (TPSA) is 144 Å². The molecule has 156 valence electrons. The van der Waals surface area contributed by atoms with Crippen LogP contribution in [0.5, 0.6) is 0 Å². The third-order valence-corrected chi connectivity index (χ3v) is 4.35. The smallest absolute Gasteiger partial charge is 0.269 e. The van der Waals surface area contributed by atoms with Crippen LogP contribution in [0.15, 0.2) is 78.9 Å². The van der Waals surface area contributed by atoms with Gasteiger partial charge < -0.3 is 10.6 Å². The average molecular weight is 420 g/mol. The summed E-state index contributed by atoms with van der Waals surface area (Å²) in [5.74, 6) is -2.51. The van der Waals surface area contributed by atoms with Gasteiger partial charge in [-0.3, -0.25) is 29.8 Å². The fourth-order valence-electron chi connectivity index (χ4n) is 2.83. The van der Waals surface area contributed by atoms with Crippen LogP contribution in [0.1, 0.15) is 11.5 Å². The quantitative estimate of drug-likeness (QED) is 0.337. The fraction of sp³-hybridized carbons (Fsp3) is 0.0476. The van der Waals surface area contributed by atoms with E-state index in [0.29, 0.717) is 16.9 Å². The van der Waals surface area contributed by atoms with Crippen molar-refractivity contribution in [1.29, 1.82) is 0 Å². The first kappa shape index (κ1) is 21.1. The van der Waals surface area contributed by atoms with Crippen molar-refractivity contribution in [2.75, 3.05) is 10.6 Å². The standard InChI is InChI=1S/C21H16N4O6/c26-20(22-15-6-10-17(11-7-15)24(28)29)19(14-4-2-1-3-5-14)21(27)23-16-8-12-18(13-9-16)25(30)31/h1-13,19H,(H,22,26)(H,23,27). The summed E-state index contributed by atoms with van der Waals surface area (Å²) in [6.45, 7) is 0. The molecule has 0 saturated heterocycles. The van der Waals surface area contributed by atoms with E-state index in [2.05, 4.69) is 10.6 Å². The van der Waals surface area contributed by atoms with Crippen LogP contribution < -0.4 is 10.6 Å². The molecule has 10 nitrogen and oxygen atoms in total. The van der Waals surface area contributed by atoms with E-state index in [4.69, 9.17) is 0 Å². The number of carbonyl (C=O) groups excluding carboxylic acids is 2. The molecule has 0 heterocycles. The Balaban J connectivity index is 1.82. The molecule has 0 aromatic heterocycles. The highest BCUT2D eigenvalue weighted by Crippen LogP contribution is 2.23. The number of benzene rings is 3. The SMILES string of the molecule is O=C(Nc1ccc([N+](=O)[O-])cc1)C(C(=O)Nc1ccc([N+](=O)[O-])cc1)c1ccccc1. The van der Waals surface area contributed by atoms with Crippen molar-refractivity contribution in [2.24, 2.45) is 0 Å². The Morgan fingerprint density at radius 1 is 0.645 bits per heavy atom. The van der Waals surface area contributed by atoms with Gasteiger partial charge in [-0.05, 0) is 29.8 Å². The van der Waals surface area contributed by atoms with Gasteiger partial charge in [0.2, 0.25) is 11.8 Å². The van der Waals surface area contributed by atoms with E-state index in [1.165, 1.54) is 48.5 Å². The van der Waals surface area contributed by atoms with Crippen molar-refractivity contribution >= 4 is 34.6 Å². The lowest BCUT2D eigenvalue weighted by molar-refractivity contribution is -0.385. The van der Waals surface area contributed by atoms with Gasteiger partial charge in [0.15, 0.2) is 0 Å². The normalized spacial score (nSPS) is 10.4. The molecule has 0 radical (unpaired) electrons. The maximum atomic E-state index is 12.9. The molecule has 0 unspecified atom stereocenters. The summed E-state index contributed by atoms with van der Waals surface area (Å²) >= 11 is 0. The van der Waals surface area contributed by atoms with E-state index in [-0.39, 0.29) is 11.4 Å². The molecule has 3 aromatic carbocycles. The molecule has 31 heavy (non-hydrogen) atoms. The van der Waals surface area contributed by atoms with Crippen molar-refractivity contribution in [3.8, 4) is 0 Å². The molecule has 0 bridgehead atoms. The predicted molar refractivity (Wildman–Crippen MR) is 113 cm³/mol. The second kappa shape index (κ2) is 9.27. The van der Waals surface area contributed by atoms with Crippen molar-refractivity contribution in [2.45, 2.75) is 5.92 Å². The zero-order valence-corrected chi connectivity index (χ0v) is 15.9. The summed E-state index contributed by atoms with van der Waals surface area (Å²) in [6, 6.07) is 18.8. The average Bonchev–Trinajstić information content (AvgIpc) is 2.75. The van der Waals surface area contributed by atoms with Gasteiger partial charge in [0, 0.05) is 35.6 Å². The van der Waals surface area contributed by atoms with Crippen molar-refractivity contribution in [3.05, 3.63) is 105 Å². The van der Waals surface area contributed by atoms with Gasteiger partial charge in [-0.25, -0.2) is 0 Å². The van der Waals surface area contributed by atoms with Crippen LogP contribution in [-0.4, -0.2) is 21.7 Å². The number of nitrogens with one attached hydrogen (secondary N) is 2. The maximum absolute atomic E-state index is 12.9. The van der Waals surface area contributed by atoms with E-state index in [1.54, 1.807) is 30.3 Å². The Morgan fingerprint density at radius 2 is 1.03 bits per heavy atom. The number of non-ortho nitro benzene ring substituents is 2. The highest BCUT2D eigenvalue weighted by Gasteiger charge is 2.29. The molecule has 2 N–H and O–H groups in total. The maximum Gasteiger partial charge on any atom is 0.269 e. The predicted octanol–water partition coefficient (Wildman–Crippen LogP) is 3.86. The number of rotatable bonds is 7. The Kier molecular flexibility index (Phi) is 6.31. The monoisotopic (exact) mass is 420 g/mol. The van der Waals surface area contributed by atoms with Crippen LogP contribution in [0.25, 0.3) is 0 Å². The molecule has 2 amide bonds. The van der Waals surface area contributed by atoms with Crippen molar-refractivity contribution in [1.82, 2.24) is 0 Å². The molecule has 0 spiro atoms. The minimum Gasteiger partial charge on any atom is -0.325 e. The van der Waals surface area contributed by atoms with Crippen LogP contribution in [0.4, 0.5) is 22.7 Å². The third kappa shape index (κ3) is 5.26. The molecule has 0 aliphatic heterocycles. The number of carbonyl (C=O) groups is 2. The fourth-order valence-corrected chi connectivity index (χ4v) is 2.83. The van der Waals surface area contributed by atoms with Gasteiger partial charge in [0.1, 0.15) is 5.92 Å². The molecule has 0 aliphatic carbocycles. The van der Waals surface area contributed by atoms with Crippen LogP contribution in [0.2, 0.25) is 0 Å². The lowest BCUT2D eigenvalue weighted by Crippen LogP contribution is -2.32. The summed E-state index contributed by atoms with van der Waals surface area (Å²) in [6.07, 6.45) is 0. The van der Waals surface area contributed by atoms with E-state index in [1.807, 2.05) is 0 Å². The molecular weight excluding hydrogens is 404 g/mol. The molecule has 3 rings (SSSR count). The summed E-state index contributed by atoms with van der Waals surface area (Å²) in [4.78, 5) is 46.3. The van der Waals surface area contributed by atoms with Crippen LogP contribution in [0, 0.1) is 20.2 Å². The zero-order valence-electron chi connectivity index (χ0n) is 15.9. The summed E-state index contributed by atoms with van der Waals surface area (Å²) in [5, 5.41) is 26.7. The zero-order chi connectivity index (χ0) is 22.4. The Hall–Kier alpha value is -4.60. The summed E-state index contributed by atoms with van der Waals surface area (Å²) < 4.78 is 0. The minimum absolute atomic E-state index is 0.131. The van der Waals surface area contributed by atoms with Gasteiger partial charge in [-0.1, -0.05) is 30.3 Å². The van der Waals surface area contributed by atoms with E-state index in [9.17, 15) is 29.8 Å². The minimum atomic E-state index is -1.23. The highest BCUT2D eigenvalue weighted by molar-refractivity contribution is 6.15. The number of nitrogens with zero attached hydrogens (tertiary/aromatic N) is 2. The van der Waals surface area contributed by atoms with Gasteiger partial charge in [-0.2, -0.15) is 0 Å². The van der Waals surface area contributed by atoms with Crippen LogP contribution in [-0.2, 0) is 9.59 Å². The third-order valence-electron chi connectivity index (χ3n) is 4.35. The van der Waals surface area contributed by atoms with Gasteiger partial charge >= 0.3 is 0 Å². The summed E-state index contributed by atoms with van der Waals surface area (Å²) in [7, 11) is 0. The molecule has 10 heteroatoms. The lowest BCUT2D eigenvalue weighted by Gasteiger charge is -2.17. The van der Waals surface area contributed by atoms with Gasteiger partial charge in [-0.15, -0.1) is 0 Å². The number of amides is 2. The number of hydrogen-bond acceptors (Lipinski definition) is 6. The van der Waals surface area contributed by atoms with E-state index >= 15 is 0 Å². The van der Waals surface area contributed by atoms with E-state index in [0.717, 1.165) is 0 Å². The van der Waals surface area contributed by atoms with Crippen LogP contribution in [0.3, 0.4) is 0 Å². The first-order valence-corrected chi connectivity index (χ1v) is 9.01. The molecule has 3 aromatic rings. The molecule has 0 atom stereocenters. The Morgan fingerprint density at radius 3 is 1.39 bits per heavy atom. The Labute approximate surface area is 175 Å². The van der Waals surface area contributed by atoms with Crippen LogP contribution >= 0.6 is 0 Å². The van der Waals surface area contributed by atoms with Gasteiger partial charge in [0.05, 0.1) is 9.85 Å². The molecule has 0 saturated carbocycles. The second-order valence-corrected chi connectivity index (χ2v) is 6.43. The first-order valence-electron chi connectivity index (χ1n) is 9.01. The lowest BCUT2D eigenvalue weighted by atomic mass is 9.97. The molecule has 0 fully saturated rings. The highest BCUT2D eigenvalue weighted by atomic mass is 16.6. The van der Waals surface area contributed by atoms with Gasteiger partial charge in [0.25, 0.3) is 11.4 Å². The number of hydrogen-bond donors (Lipinski definition) is 2. The Bertz CT molecular complexity index is 1040. The molecular formula is C21H16N4O6. The van der Waals surface area contributed by atoms with Crippen molar-refractivity contribution < 1.29 is 19.4 Å². The number of anilines is 2. The van der Waals surface area contributed by atoms with Crippen molar-refractivity contribution in [3.63, 3.8) is 0 Å². The first-order chi connectivity index (χ1) is 14.8. The number of nitro benzene ring substituents is 2. The summed E-state index contributed by atoms with van der Waals surface area (Å²) in [5.41, 5.74) is 0.753. The number of nitro groups is 2.